The zero-order chi connectivity index (χ0) is 14.3. The maximum Gasteiger partial charge on any atom is 0.250 e. The molecule has 0 fully saturated rings. The van der Waals surface area contributed by atoms with Gasteiger partial charge in [-0.05, 0) is 36.2 Å². The number of sulfonamides is 1. The molecule has 110 valence electrons. The Hall–Kier alpha value is -0.0800. The van der Waals surface area contributed by atoms with Crippen molar-refractivity contribution in [1.82, 2.24) is 10.0 Å². The molecule has 0 amide bonds. The number of nitrogens with one attached hydrogen (secondary N) is 2. The second-order valence-corrected chi connectivity index (χ2v) is 8.47. The third-order valence-corrected chi connectivity index (χ3v) is 6.71. The van der Waals surface area contributed by atoms with Gasteiger partial charge in [-0.25, -0.2) is 13.1 Å². The highest BCUT2D eigenvalue weighted by atomic mass is 32.2. The molecule has 0 bridgehead atoms. The van der Waals surface area contributed by atoms with E-state index in [4.69, 9.17) is 0 Å². The van der Waals surface area contributed by atoms with E-state index < -0.39 is 10.0 Å². The Labute approximate surface area is 124 Å². The average Bonchev–Trinajstić information content (AvgIpc) is 2.85. The van der Waals surface area contributed by atoms with Crippen LogP contribution in [0.25, 0.3) is 0 Å². The van der Waals surface area contributed by atoms with Gasteiger partial charge in [0.2, 0.25) is 10.0 Å². The van der Waals surface area contributed by atoms with Crippen LogP contribution < -0.4 is 10.0 Å². The van der Waals surface area contributed by atoms with Crippen LogP contribution in [0.5, 0.6) is 0 Å². The van der Waals surface area contributed by atoms with E-state index in [2.05, 4.69) is 17.0 Å². The molecule has 1 unspecified atom stereocenters. The summed E-state index contributed by atoms with van der Waals surface area (Å²) in [5, 5.41) is 5.54. The summed E-state index contributed by atoms with van der Waals surface area (Å²) in [6, 6.07) is 1.74. The minimum atomic E-state index is -3.34. The van der Waals surface area contributed by atoms with E-state index in [1.54, 1.807) is 17.8 Å². The van der Waals surface area contributed by atoms with Gasteiger partial charge in [-0.3, -0.25) is 0 Å². The highest BCUT2D eigenvalue weighted by molar-refractivity contribution is 7.99. The van der Waals surface area contributed by atoms with Crippen molar-refractivity contribution in [1.29, 1.82) is 0 Å². The van der Waals surface area contributed by atoms with Gasteiger partial charge in [-0.2, -0.15) is 11.8 Å². The summed E-state index contributed by atoms with van der Waals surface area (Å²) in [6.07, 6.45) is 2.88. The predicted octanol–water partition coefficient (Wildman–Crippen LogP) is 2.28. The van der Waals surface area contributed by atoms with Crippen molar-refractivity contribution < 1.29 is 8.42 Å². The molecule has 0 saturated heterocycles. The number of thiophene rings is 1. The lowest BCUT2D eigenvalue weighted by atomic mass is 10.3. The molecule has 0 radical (unpaired) electrons. The van der Waals surface area contributed by atoms with E-state index in [0.29, 0.717) is 22.5 Å². The summed E-state index contributed by atoms with van der Waals surface area (Å²) in [4.78, 5) is 0. The van der Waals surface area contributed by atoms with Crippen LogP contribution in [-0.4, -0.2) is 33.0 Å². The number of hydrogen-bond donors (Lipinski definition) is 2. The Morgan fingerprint density at radius 2 is 2.21 bits per heavy atom. The van der Waals surface area contributed by atoms with E-state index in [1.165, 1.54) is 11.3 Å². The molecular formula is C12H22N2O2S3. The maximum atomic E-state index is 12.1. The molecule has 2 N–H and O–H groups in total. The second-order valence-electron chi connectivity index (χ2n) is 4.29. The van der Waals surface area contributed by atoms with Crippen molar-refractivity contribution in [2.24, 2.45) is 0 Å². The van der Waals surface area contributed by atoms with Crippen molar-refractivity contribution in [3.8, 4) is 0 Å². The molecule has 1 atom stereocenters. The summed E-state index contributed by atoms with van der Waals surface area (Å²) in [6.45, 7) is 6.21. The van der Waals surface area contributed by atoms with Crippen LogP contribution in [0.15, 0.2) is 15.7 Å². The highest BCUT2D eigenvalue weighted by Crippen LogP contribution is 2.20. The molecule has 1 heterocycles. The fourth-order valence-corrected chi connectivity index (χ4v) is 4.10. The van der Waals surface area contributed by atoms with Crippen molar-refractivity contribution in [2.45, 2.75) is 36.3 Å². The lowest BCUT2D eigenvalue weighted by Gasteiger charge is -2.08. The highest BCUT2D eigenvalue weighted by Gasteiger charge is 2.16. The summed E-state index contributed by atoms with van der Waals surface area (Å²) in [7, 11) is -3.34. The molecular weight excluding hydrogens is 300 g/mol. The van der Waals surface area contributed by atoms with Gasteiger partial charge in [0, 0.05) is 18.3 Å². The Bertz CT molecular complexity index is 471. The first-order chi connectivity index (χ1) is 8.99. The molecule has 0 aromatic carbocycles. The molecule has 1 aromatic heterocycles. The average molecular weight is 323 g/mol. The zero-order valence-corrected chi connectivity index (χ0v) is 14.1. The molecule has 1 rings (SSSR count). The third kappa shape index (κ3) is 5.83. The molecule has 0 spiro atoms. The van der Waals surface area contributed by atoms with Gasteiger partial charge >= 0.3 is 0 Å². The van der Waals surface area contributed by atoms with Gasteiger partial charge in [0.1, 0.15) is 4.21 Å². The van der Waals surface area contributed by atoms with Crippen LogP contribution in [0.4, 0.5) is 0 Å². The molecule has 0 saturated carbocycles. The normalized spacial score (nSPS) is 13.6. The smallest absolute Gasteiger partial charge is 0.250 e. The number of rotatable bonds is 9. The molecule has 0 aliphatic rings. The monoisotopic (exact) mass is 322 g/mol. The first-order valence-corrected chi connectivity index (χ1v) is 9.95. The van der Waals surface area contributed by atoms with Gasteiger partial charge in [0.15, 0.2) is 0 Å². The molecule has 4 nitrogen and oxygen atoms in total. The zero-order valence-electron chi connectivity index (χ0n) is 11.6. The Morgan fingerprint density at radius 1 is 1.47 bits per heavy atom. The Balaban J connectivity index is 2.54. The van der Waals surface area contributed by atoms with Gasteiger partial charge in [0.25, 0.3) is 0 Å². The first-order valence-electron chi connectivity index (χ1n) is 6.30. The molecule has 7 heteroatoms. The lowest BCUT2D eigenvalue weighted by Crippen LogP contribution is -2.25. The second kappa shape index (κ2) is 8.26. The van der Waals surface area contributed by atoms with Crippen LogP contribution in [0.3, 0.4) is 0 Å². The van der Waals surface area contributed by atoms with Crippen molar-refractivity contribution in [3.05, 3.63) is 17.0 Å². The molecule has 1 aromatic rings. The quantitative estimate of drug-likeness (QED) is 0.732. The predicted molar refractivity (Wildman–Crippen MR) is 84.5 cm³/mol. The first kappa shape index (κ1) is 17.0. The van der Waals surface area contributed by atoms with Crippen LogP contribution in [0, 0.1) is 0 Å². The standard InChI is InChI=1S/C12H22N2O2S3/c1-4-13-8-11-7-12(18-9-11)19(15,16)14-6-5-10(2)17-3/h7,9-10,13-14H,4-6,8H2,1-3H3. The topological polar surface area (TPSA) is 58.2 Å². The summed E-state index contributed by atoms with van der Waals surface area (Å²) < 4.78 is 27.2. The van der Waals surface area contributed by atoms with Crippen LogP contribution in [0.1, 0.15) is 25.8 Å². The van der Waals surface area contributed by atoms with Crippen molar-refractivity contribution in [3.63, 3.8) is 0 Å². The van der Waals surface area contributed by atoms with Crippen LogP contribution in [-0.2, 0) is 16.6 Å². The number of hydrogen-bond acceptors (Lipinski definition) is 5. The Morgan fingerprint density at radius 3 is 2.84 bits per heavy atom. The fourth-order valence-electron chi connectivity index (χ4n) is 1.44. The van der Waals surface area contributed by atoms with E-state index in [1.807, 2.05) is 18.6 Å². The van der Waals surface area contributed by atoms with Crippen LogP contribution >= 0.6 is 23.1 Å². The van der Waals surface area contributed by atoms with Crippen LogP contribution in [0.2, 0.25) is 0 Å². The largest absolute Gasteiger partial charge is 0.313 e. The van der Waals surface area contributed by atoms with Gasteiger partial charge in [-0.15, -0.1) is 11.3 Å². The van der Waals surface area contributed by atoms with Crippen molar-refractivity contribution in [2.75, 3.05) is 19.3 Å². The van der Waals surface area contributed by atoms with Gasteiger partial charge < -0.3 is 5.32 Å². The van der Waals surface area contributed by atoms with E-state index in [9.17, 15) is 8.42 Å². The van der Waals surface area contributed by atoms with E-state index >= 15 is 0 Å². The number of thioether (sulfide) groups is 1. The summed E-state index contributed by atoms with van der Waals surface area (Å²) in [5.74, 6) is 0. The molecule has 0 aliphatic heterocycles. The van der Waals surface area contributed by atoms with E-state index in [0.717, 1.165) is 18.5 Å². The minimum Gasteiger partial charge on any atom is -0.313 e. The molecule has 19 heavy (non-hydrogen) atoms. The SMILES string of the molecule is CCNCc1csc(S(=O)(=O)NCCC(C)SC)c1. The van der Waals surface area contributed by atoms with Gasteiger partial charge in [0.05, 0.1) is 0 Å². The van der Waals surface area contributed by atoms with Crippen molar-refractivity contribution >= 4 is 33.1 Å². The minimum absolute atomic E-state index is 0.400. The maximum absolute atomic E-state index is 12.1. The van der Waals surface area contributed by atoms with E-state index in [-0.39, 0.29) is 0 Å². The van der Waals surface area contributed by atoms with Gasteiger partial charge in [-0.1, -0.05) is 13.8 Å². The summed E-state index contributed by atoms with van der Waals surface area (Å²) >= 11 is 3.02. The molecule has 0 aliphatic carbocycles. The lowest BCUT2D eigenvalue weighted by molar-refractivity contribution is 0.581. The fraction of sp³-hybridized carbons (Fsp3) is 0.667. The summed E-state index contributed by atoms with van der Waals surface area (Å²) in [5.41, 5.74) is 1.02. The third-order valence-electron chi connectivity index (χ3n) is 2.72. The Kier molecular flexibility index (Phi) is 7.38.